The summed E-state index contributed by atoms with van der Waals surface area (Å²) in [6, 6.07) is 14.2. The largest absolute Gasteiger partial charge is 0.303 e. The van der Waals surface area contributed by atoms with Crippen LogP contribution in [0.3, 0.4) is 0 Å². The van der Waals surface area contributed by atoms with Crippen molar-refractivity contribution in [1.82, 2.24) is 19.9 Å². The van der Waals surface area contributed by atoms with E-state index in [0.29, 0.717) is 0 Å². The number of nitrogens with zero attached hydrogens (tertiary/aromatic N) is 3. The molecule has 1 aromatic carbocycles. The first kappa shape index (κ1) is 13.3. The lowest BCUT2D eigenvalue weighted by Gasteiger charge is -2.13. The van der Waals surface area contributed by atoms with Crippen LogP contribution in [0.2, 0.25) is 0 Å². The zero-order valence-corrected chi connectivity index (χ0v) is 12.7. The second-order valence-electron chi connectivity index (χ2n) is 4.68. The maximum atomic E-state index is 4.27. The average molecular weight is 331 g/mol. The standard InChI is InChI=1S/C15H15BrN4/c1-11(17-10-12-6-2-3-7-13(12)16)15-19-18-14-8-4-5-9-20(14)15/h2-9,11,17H,10H2,1H3. The van der Waals surface area contributed by atoms with Crippen molar-refractivity contribution in [2.24, 2.45) is 0 Å². The number of aromatic nitrogens is 3. The fourth-order valence-electron chi connectivity index (χ4n) is 2.15. The Labute approximate surface area is 126 Å². The number of rotatable bonds is 4. The van der Waals surface area contributed by atoms with E-state index >= 15 is 0 Å². The first-order valence-electron chi connectivity index (χ1n) is 6.52. The number of benzene rings is 1. The molecule has 102 valence electrons. The van der Waals surface area contributed by atoms with E-state index in [1.807, 2.05) is 47.0 Å². The summed E-state index contributed by atoms with van der Waals surface area (Å²) in [6.45, 7) is 2.88. The summed E-state index contributed by atoms with van der Waals surface area (Å²) >= 11 is 3.56. The van der Waals surface area contributed by atoms with Crippen LogP contribution in [-0.4, -0.2) is 14.6 Å². The number of pyridine rings is 1. The second-order valence-corrected chi connectivity index (χ2v) is 5.54. The molecule has 2 heterocycles. The monoisotopic (exact) mass is 330 g/mol. The molecule has 1 unspecified atom stereocenters. The summed E-state index contributed by atoms with van der Waals surface area (Å²) < 4.78 is 3.13. The van der Waals surface area contributed by atoms with Crippen LogP contribution < -0.4 is 5.32 Å². The molecule has 0 aliphatic rings. The van der Waals surface area contributed by atoms with Crippen molar-refractivity contribution < 1.29 is 0 Å². The Balaban J connectivity index is 1.77. The van der Waals surface area contributed by atoms with Gasteiger partial charge in [-0.3, -0.25) is 4.40 Å². The molecule has 5 heteroatoms. The highest BCUT2D eigenvalue weighted by atomic mass is 79.9. The Hall–Kier alpha value is -1.72. The van der Waals surface area contributed by atoms with Gasteiger partial charge in [-0.2, -0.15) is 0 Å². The van der Waals surface area contributed by atoms with Gasteiger partial charge in [-0.25, -0.2) is 0 Å². The van der Waals surface area contributed by atoms with E-state index in [2.05, 4.69) is 44.4 Å². The summed E-state index contributed by atoms with van der Waals surface area (Å²) in [7, 11) is 0. The quantitative estimate of drug-likeness (QED) is 0.797. The zero-order chi connectivity index (χ0) is 13.9. The second kappa shape index (κ2) is 5.73. The number of fused-ring (bicyclic) bond motifs is 1. The molecular formula is C15H15BrN4. The minimum atomic E-state index is 0.125. The SMILES string of the molecule is CC(NCc1ccccc1Br)c1nnc2ccccn12. The van der Waals surface area contributed by atoms with Crippen molar-refractivity contribution in [3.8, 4) is 0 Å². The fourth-order valence-corrected chi connectivity index (χ4v) is 2.58. The molecular weight excluding hydrogens is 316 g/mol. The van der Waals surface area contributed by atoms with Crippen LogP contribution in [-0.2, 0) is 6.54 Å². The van der Waals surface area contributed by atoms with Crippen molar-refractivity contribution in [2.45, 2.75) is 19.5 Å². The van der Waals surface area contributed by atoms with Crippen LogP contribution in [0.25, 0.3) is 5.65 Å². The highest BCUT2D eigenvalue weighted by molar-refractivity contribution is 9.10. The van der Waals surface area contributed by atoms with Gasteiger partial charge < -0.3 is 5.32 Å². The third kappa shape index (κ3) is 2.59. The van der Waals surface area contributed by atoms with Crippen LogP contribution in [0.1, 0.15) is 24.4 Å². The third-order valence-corrected chi connectivity index (χ3v) is 4.06. The smallest absolute Gasteiger partial charge is 0.160 e. The number of hydrogen-bond donors (Lipinski definition) is 1. The molecule has 0 saturated heterocycles. The molecule has 0 saturated carbocycles. The van der Waals surface area contributed by atoms with Gasteiger partial charge in [-0.15, -0.1) is 10.2 Å². The van der Waals surface area contributed by atoms with Gasteiger partial charge in [0.25, 0.3) is 0 Å². The molecule has 3 aromatic rings. The van der Waals surface area contributed by atoms with E-state index in [-0.39, 0.29) is 6.04 Å². The number of halogens is 1. The van der Waals surface area contributed by atoms with Gasteiger partial charge in [-0.05, 0) is 30.7 Å². The van der Waals surface area contributed by atoms with Gasteiger partial charge in [0.15, 0.2) is 11.5 Å². The molecule has 0 spiro atoms. The van der Waals surface area contributed by atoms with Gasteiger partial charge in [0.2, 0.25) is 0 Å². The molecule has 20 heavy (non-hydrogen) atoms. The Bertz CT molecular complexity index is 722. The zero-order valence-electron chi connectivity index (χ0n) is 11.1. The minimum Gasteiger partial charge on any atom is -0.303 e. The highest BCUT2D eigenvalue weighted by Crippen LogP contribution is 2.17. The van der Waals surface area contributed by atoms with Crippen LogP contribution in [0, 0.1) is 0 Å². The Morgan fingerprint density at radius 2 is 1.95 bits per heavy atom. The number of hydrogen-bond acceptors (Lipinski definition) is 3. The normalized spacial score (nSPS) is 12.7. The van der Waals surface area contributed by atoms with E-state index < -0.39 is 0 Å². The molecule has 1 atom stereocenters. The van der Waals surface area contributed by atoms with Crippen LogP contribution >= 0.6 is 15.9 Å². The summed E-state index contributed by atoms with van der Waals surface area (Å²) in [5.41, 5.74) is 2.10. The van der Waals surface area contributed by atoms with E-state index in [0.717, 1.165) is 22.5 Å². The van der Waals surface area contributed by atoms with Gasteiger partial charge in [0.05, 0.1) is 6.04 Å². The predicted octanol–water partition coefficient (Wildman–Crippen LogP) is 3.34. The predicted molar refractivity (Wildman–Crippen MR) is 82.4 cm³/mol. The maximum Gasteiger partial charge on any atom is 0.160 e. The van der Waals surface area contributed by atoms with Crippen molar-refractivity contribution in [3.05, 3.63) is 64.5 Å². The van der Waals surface area contributed by atoms with Crippen LogP contribution in [0.5, 0.6) is 0 Å². The molecule has 0 radical (unpaired) electrons. The lowest BCUT2D eigenvalue weighted by Crippen LogP contribution is -2.20. The minimum absolute atomic E-state index is 0.125. The van der Waals surface area contributed by atoms with Gasteiger partial charge in [0, 0.05) is 17.2 Å². The first-order valence-corrected chi connectivity index (χ1v) is 7.31. The molecule has 0 aliphatic carbocycles. The van der Waals surface area contributed by atoms with Crippen molar-refractivity contribution in [3.63, 3.8) is 0 Å². The molecule has 2 aromatic heterocycles. The molecule has 0 amide bonds. The molecule has 1 N–H and O–H groups in total. The van der Waals surface area contributed by atoms with Gasteiger partial charge in [-0.1, -0.05) is 40.2 Å². The van der Waals surface area contributed by atoms with Crippen LogP contribution in [0.4, 0.5) is 0 Å². The number of nitrogens with one attached hydrogen (secondary N) is 1. The Morgan fingerprint density at radius 3 is 2.80 bits per heavy atom. The van der Waals surface area contributed by atoms with Crippen molar-refractivity contribution in [1.29, 1.82) is 0 Å². The van der Waals surface area contributed by atoms with Crippen molar-refractivity contribution >= 4 is 21.6 Å². The van der Waals surface area contributed by atoms with E-state index in [9.17, 15) is 0 Å². The van der Waals surface area contributed by atoms with E-state index in [4.69, 9.17) is 0 Å². The first-order chi connectivity index (χ1) is 9.75. The lowest BCUT2D eigenvalue weighted by atomic mass is 10.2. The Morgan fingerprint density at radius 1 is 1.15 bits per heavy atom. The summed E-state index contributed by atoms with van der Waals surface area (Å²) in [6.07, 6.45) is 1.99. The lowest BCUT2D eigenvalue weighted by molar-refractivity contribution is 0.541. The van der Waals surface area contributed by atoms with E-state index in [1.165, 1.54) is 5.56 Å². The average Bonchev–Trinajstić information content (AvgIpc) is 2.90. The van der Waals surface area contributed by atoms with Gasteiger partial charge in [0.1, 0.15) is 0 Å². The molecule has 4 nitrogen and oxygen atoms in total. The molecule has 0 bridgehead atoms. The van der Waals surface area contributed by atoms with E-state index in [1.54, 1.807) is 0 Å². The summed E-state index contributed by atoms with van der Waals surface area (Å²) in [4.78, 5) is 0. The topological polar surface area (TPSA) is 42.2 Å². The van der Waals surface area contributed by atoms with Gasteiger partial charge >= 0.3 is 0 Å². The maximum absolute atomic E-state index is 4.27. The van der Waals surface area contributed by atoms with Crippen LogP contribution in [0.15, 0.2) is 53.1 Å². The fraction of sp³-hybridized carbons (Fsp3) is 0.200. The Kier molecular flexibility index (Phi) is 3.80. The molecule has 3 rings (SSSR count). The van der Waals surface area contributed by atoms with Crippen molar-refractivity contribution in [2.75, 3.05) is 0 Å². The molecule has 0 fully saturated rings. The molecule has 0 aliphatic heterocycles. The summed E-state index contributed by atoms with van der Waals surface area (Å²) in [5, 5.41) is 11.9. The third-order valence-electron chi connectivity index (χ3n) is 3.28. The highest BCUT2D eigenvalue weighted by Gasteiger charge is 2.12. The summed E-state index contributed by atoms with van der Waals surface area (Å²) in [5.74, 6) is 0.924.